The number of pyridine rings is 1. The Bertz CT molecular complexity index is 400. The third kappa shape index (κ3) is 2.50. The van der Waals surface area contributed by atoms with E-state index in [1.807, 2.05) is 6.07 Å². The molecule has 0 fully saturated rings. The highest BCUT2D eigenvalue weighted by Gasteiger charge is 2.17. The molecule has 0 radical (unpaired) electrons. The van der Waals surface area contributed by atoms with Crippen LogP contribution < -0.4 is 0 Å². The van der Waals surface area contributed by atoms with Crippen LogP contribution in [0.5, 0.6) is 0 Å². The number of aromatic nitrogens is 1. The van der Waals surface area contributed by atoms with Crippen LogP contribution in [0.4, 0.5) is 4.39 Å². The second-order valence-corrected chi connectivity index (χ2v) is 2.82. The summed E-state index contributed by atoms with van der Waals surface area (Å²) in [4.78, 5) is 16.3. The van der Waals surface area contributed by atoms with E-state index in [0.29, 0.717) is 6.54 Å². The van der Waals surface area contributed by atoms with E-state index in [-0.39, 0.29) is 12.1 Å². The van der Waals surface area contributed by atoms with Gasteiger partial charge in [0, 0.05) is 12.7 Å². The summed E-state index contributed by atoms with van der Waals surface area (Å²) in [5.41, 5.74) is -0.102. The third-order valence-corrected chi connectivity index (χ3v) is 1.92. The largest absolute Gasteiger partial charge is 0.325 e. The van der Waals surface area contributed by atoms with Gasteiger partial charge in [-0.1, -0.05) is 0 Å². The van der Waals surface area contributed by atoms with Gasteiger partial charge in [-0.25, -0.2) is 4.98 Å². The Balaban J connectivity index is 2.94. The number of hydrogen-bond acceptors (Lipinski definition) is 3. The fourth-order valence-electron chi connectivity index (χ4n) is 1.13. The second-order valence-electron chi connectivity index (χ2n) is 2.82. The van der Waals surface area contributed by atoms with Gasteiger partial charge >= 0.3 is 0 Å². The molecular weight excluding hydrogens is 197 g/mol. The van der Waals surface area contributed by atoms with E-state index in [4.69, 9.17) is 5.26 Å². The number of amides is 1. The molecule has 0 N–H and O–H groups in total. The number of hydrogen-bond donors (Lipinski definition) is 0. The molecule has 15 heavy (non-hydrogen) atoms. The van der Waals surface area contributed by atoms with Crippen LogP contribution >= 0.6 is 0 Å². The van der Waals surface area contributed by atoms with E-state index in [1.165, 1.54) is 23.2 Å². The van der Waals surface area contributed by atoms with Crippen LogP contribution in [0, 0.1) is 17.3 Å². The highest BCUT2D eigenvalue weighted by atomic mass is 19.1. The Kier molecular flexibility index (Phi) is 3.75. The zero-order chi connectivity index (χ0) is 11.3. The van der Waals surface area contributed by atoms with Gasteiger partial charge in [-0.05, 0) is 19.1 Å². The van der Waals surface area contributed by atoms with Crippen LogP contribution in [0.2, 0.25) is 0 Å². The number of carbonyl (C=O) groups is 1. The highest BCUT2D eigenvalue weighted by molar-refractivity contribution is 5.94. The number of carbonyl (C=O) groups excluding carboxylic acids is 1. The summed E-state index contributed by atoms with van der Waals surface area (Å²) in [6.07, 6.45) is 1.27. The maximum absolute atomic E-state index is 13.1. The smallest absolute Gasteiger partial charge is 0.259 e. The van der Waals surface area contributed by atoms with Gasteiger partial charge in [-0.15, -0.1) is 0 Å². The normalized spacial score (nSPS) is 9.40. The predicted octanol–water partition coefficient (Wildman–Crippen LogP) is 1.21. The van der Waals surface area contributed by atoms with Gasteiger partial charge < -0.3 is 4.90 Å². The van der Waals surface area contributed by atoms with Crippen molar-refractivity contribution in [1.29, 1.82) is 5.26 Å². The summed E-state index contributed by atoms with van der Waals surface area (Å²) in [7, 11) is 0. The molecule has 0 saturated heterocycles. The van der Waals surface area contributed by atoms with E-state index in [9.17, 15) is 9.18 Å². The standard InChI is InChI=1S/C10H10FN3O/c1-2-14(7-5-12)10(15)8-4-3-6-13-9(8)11/h3-4,6H,2,7H2,1H3. The first-order valence-electron chi connectivity index (χ1n) is 4.47. The van der Waals surface area contributed by atoms with Crippen LogP contribution in [-0.4, -0.2) is 28.9 Å². The second kappa shape index (κ2) is 5.05. The minimum absolute atomic E-state index is 0.0519. The Hall–Kier alpha value is -1.96. The Morgan fingerprint density at radius 1 is 1.73 bits per heavy atom. The van der Waals surface area contributed by atoms with Crippen molar-refractivity contribution in [2.45, 2.75) is 6.92 Å². The molecule has 0 aromatic carbocycles. The molecule has 0 spiro atoms. The lowest BCUT2D eigenvalue weighted by Crippen LogP contribution is -2.31. The van der Waals surface area contributed by atoms with Gasteiger partial charge in [-0.2, -0.15) is 9.65 Å². The fraction of sp³-hybridized carbons (Fsp3) is 0.300. The molecule has 0 aliphatic heterocycles. The topological polar surface area (TPSA) is 57.0 Å². The molecule has 0 saturated carbocycles. The predicted molar refractivity (Wildman–Crippen MR) is 51.4 cm³/mol. The number of halogens is 1. The van der Waals surface area contributed by atoms with Gasteiger partial charge in [-0.3, -0.25) is 4.79 Å². The van der Waals surface area contributed by atoms with Gasteiger partial charge in [0.05, 0.1) is 11.6 Å². The molecule has 1 aromatic rings. The molecule has 1 rings (SSSR count). The molecular formula is C10H10FN3O. The zero-order valence-corrected chi connectivity index (χ0v) is 8.27. The SMILES string of the molecule is CCN(CC#N)C(=O)c1cccnc1F. The number of rotatable bonds is 3. The average Bonchev–Trinajstić information content (AvgIpc) is 2.25. The molecule has 0 atom stereocenters. The quantitative estimate of drug-likeness (QED) is 0.553. The molecule has 0 bridgehead atoms. The van der Waals surface area contributed by atoms with Gasteiger partial charge in [0.25, 0.3) is 5.91 Å². The fourth-order valence-corrected chi connectivity index (χ4v) is 1.13. The summed E-state index contributed by atoms with van der Waals surface area (Å²) >= 11 is 0. The third-order valence-electron chi connectivity index (χ3n) is 1.92. The lowest BCUT2D eigenvalue weighted by Gasteiger charge is -2.16. The summed E-state index contributed by atoms with van der Waals surface area (Å²) in [6, 6.07) is 4.69. The number of nitriles is 1. The van der Waals surface area contributed by atoms with E-state index in [2.05, 4.69) is 4.98 Å². The van der Waals surface area contributed by atoms with Crippen molar-refractivity contribution < 1.29 is 9.18 Å². The van der Waals surface area contributed by atoms with Crippen LogP contribution in [0.1, 0.15) is 17.3 Å². The molecule has 4 nitrogen and oxygen atoms in total. The van der Waals surface area contributed by atoms with Crippen molar-refractivity contribution in [3.63, 3.8) is 0 Å². The first kappa shape index (κ1) is 11.1. The van der Waals surface area contributed by atoms with Crippen molar-refractivity contribution >= 4 is 5.91 Å². The molecule has 0 aliphatic rings. The molecule has 78 valence electrons. The maximum Gasteiger partial charge on any atom is 0.259 e. The van der Waals surface area contributed by atoms with Crippen molar-refractivity contribution in [3.8, 4) is 6.07 Å². The first-order valence-corrected chi connectivity index (χ1v) is 4.47. The minimum Gasteiger partial charge on any atom is -0.325 e. The average molecular weight is 207 g/mol. The molecule has 5 heteroatoms. The van der Waals surface area contributed by atoms with E-state index < -0.39 is 11.9 Å². The van der Waals surface area contributed by atoms with Gasteiger partial charge in [0.1, 0.15) is 6.54 Å². The summed E-state index contributed by atoms with van der Waals surface area (Å²) in [6.45, 7) is 2.04. The molecule has 0 unspecified atom stereocenters. The van der Waals surface area contributed by atoms with Crippen LogP contribution in [-0.2, 0) is 0 Å². The molecule has 0 aliphatic carbocycles. The molecule has 1 aromatic heterocycles. The molecule has 1 amide bonds. The van der Waals surface area contributed by atoms with Crippen molar-refractivity contribution in [2.75, 3.05) is 13.1 Å². The van der Waals surface area contributed by atoms with Crippen molar-refractivity contribution in [1.82, 2.24) is 9.88 Å². The lowest BCUT2D eigenvalue weighted by molar-refractivity contribution is 0.0778. The van der Waals surface area contributed by atoms with Crippen molar-refractivity contribution in [3.05, 3.63) is 29.8 Å². The van der Waals surface area contributed by atoms with Crippen molar-refractivity contribution in [2.24, 2.45) is 0 Å². The summed E-state index contributed by atoms with van der Waals surface area (Å²) in [5, 5.41) is 8.48. The van der Waals surface area contributed by atoms with E-state index in [0.717, 1.165) is 0 Å². The lowest BCUT2D eigenvalue weighted by atomic mass is 10.2. The minimum atomic E-state index is -0.807. The van der Waals surface area contributed by atoms with E-state index >= 15 is 0 Å². The summed E-state index contributed by atoms with van der Waals surface area (Å²) in [5.74, 6) is -1.32. The monoisotopic (exact) mass is 207 g/mol. The van der Waals surface area contributed by atoms with Crippen LogP contribution in [0.3, 0.4) is 0 Å². The van der Waals surface area contributed by atoms with Gasteiger partial charge in [0.15, 0.2) is 0 Å². The van der Waals surface area contributed by atoms with Crippen LogP contribution in [0.15, 0.2) is 18.3 Å². The first-order chi connectivity index (χ1) is 7.20. The van der Waals surface area contributed by atoms with Crippen LogP contribution in [0.25, 0.3) is 0 Å². The Morgan fingerprint density at radius 2 is 2.47 bits per heavy atom. The Labute approximate surface area is 87.0 Å². The van der Waals surface area contributed by atoms with E-state index in [1.54, 1.807) is 6.92 Å². The maximum atomic E-state index is 13.1. The highest BCUT2D eigenvalue weighted by Crippen LogP contribution is 2.07. The van der Waals surface area contributed by atoms with Gasteiger partial charge in [0.2, 0.25) is 5.95 Å². The summed E-state index contributed by atoms with van der Waals surface area (Å²) < 4.78 is 13.1. The number of nitrogens with zero attached hydrogens (tertiary/aromatic N) is 3. The molecule has 1 heterocycles. The Morgan fingerprint density at radius 3 is 3.00 bits per heavy atom. The zero-order valence-electron chi connectivity index (χ0n) is 8.27.